The number of carbonyl (C=O) groups is 2. The molecule has 3 N–H and O–H groups in total. The number of aromatic nitrogens is 2. The molecule has 4 unspecified atom stereocenters. The van der Waals surface area contributed by atoms with E-state index in [9.17, 15) is 9.59 Å². The molecule has 2 fully saturated rings. The second kappa shape index (κ2) is 9.65. The summed E-state index contributed by atoms with van der Waals surface area (Å²) in [6.45, 7) is 3.44. The molecule has 4 rings (SSSR count). The number of benzene rings is 1. The van der Waals surface area contributed by atoms with E-state index in [0.29, 0.717) is 17.1 Å². The van der Waals surface area contributed by atoms with E-state index in [4.69, 9.17) is 42.1 Å². The molecule has 3 heterocycles. The molecule has 0 radical (unpaired) electrons. The highest BCUT2D eigenvalue weighted by atomic mass is 35.5. The standard InChI is InChI=1S/C20H21Cl2N5O6/c1-20(2)32-14-12(7-30-19(29)26-11-5-3-4-10(21)6-11)31-18(15(14)33-20)27-17-13(25-9-28)16(22)23-8-24-17/h3-6,8-9,12,14-15,18H,7H2,1-2H3,(H,25,28)(H,26,29)(H,23,24,27). The Balaban J connectivity index is 1.44. The van der Waals surface area contributed by atoms with Crippen molar-refractivity contribution in [2.75, 3.05) is 22.6 Å². The molecular weight excluding hydrogens is 477 g/mol. The van der Waals surface area contributed by atoms with Crippen LogP contribution >= 0.6 is 23.2 Å². The SMILES string of the molecule is CC1(C)OC2C(COC(=O)Nc3cccc(Cl)c3)OC(Nc3ncnc(Cl)c3NC=O)C2O1. The Bertz CT molecular complexity index is 1040. The minimum Gasteiger partial charge on any atom is -0.446 e. The summed E-state index contributed by atoms with van der Waals surface area (Å²) in [6.07, 6.45) is -1.44. The number of carbonyl (C=O) groups excluding carboxylic acids is 2. The minimum atomic E-state index is -0.881. The number of amides is 2. The van der Waals surface area contributed by atoms with Crippen LogP contribution in [0.5, 0.6) is 0 Å². The zero-order chi connectivity index (χ0) is 23.6. The van der Waals surface area contributed by atoms with Gasteiger partial charge in [-0.15, -0.1) is 0 Å². The maximum absolute atomic E-state index is 12.2. The Morgan fingerprint density at radius 2 is 2.03 bits per heavy atom. The number of hydrogen-bond donors (Lipinski definition) is 3. The smallest absolute Gasteiger partial charge is 0.411 e. The molecular formula is C20H21Cl2N5O6. The molecule has 1 aromatic carbocycles. The van der Waals surface area contributed by atoms with Gasteiger partial charge in [-0.2, -0.15) is 0 Å². The van der Waals surface area contributed by atoms with E-state index in [1.165, 1.54) is 6.33 Å². The molecule has 2 aliphatic heterocycles. The van der Waals surface area contributed by atoms with Crippen molar-refractivity contribution in [2.45, 2.75) is 44.2 Å². The van der Waals surface area contributed by atoms with Crippen LogP contribution < -0.4 is 16.0 Å². The van der Waals surface area contributed by atoms with Crippen LogP contribution in [0.1, 0.15) is 13.8 Å². The summed E-state index contributed by atoms with van der Waals surface area (Å²) >= 11 is 12.0. The second-order valence-electron chi connectivity index (χ2n) is 7.69. The Morgan fingerprint density at radius 1 is 1.24 bits per heavy atom. The molecule has 2 aliphatic rings. The van der Waals surface area contributed by atoms with Gasteiger partial charge < -0.3 is 29.6 Å². The fraction of sp³-hybridized carbons (Fsp3) is 0.400. The fourth-order valence-corrected chi connectivity index (χ4v) is 3.98. The average molecular weight is 498 g/mol. The van der Waals surface area contributed by atoms with Crippen molar-refractivity contribution in [1.82, 2.24) is 9.97 Å². The van der Waals surface area contributed by atoms with Crippen LogP contribution in [0.4, 0.5) is 22.0 Å². The zero-order valence-corrected chi connectivity index (χ0v) is 19.1. The Labute approximate surface area is 199 Å². The molecule has 0 saturated carbocycles. The van der Waals surface area contributed by atoms with E-state index >= 15 is 0 Å². The first kappa shape index (κ1) is 23.5. The van der Waals surface area contributed by atoms with Crippen molar-refractivity contribution in [3.05, 3.63) is 40.8 Å². The van der Waals surface area contributed by atoms with Crippen LogP contribution in [0.3, 0.4) is 0 Å². The van der Waals surface area contributed by atoms with Gasteiger partial charge in [-0.25, -0.2) is 14.8 Å². The van der Waals surface area contributed by atoms with Crippen molar-refractivity contribution >= 4 is 52.9 Å². The van der Waals surface area contributed by atoms with Gasteiger partial charge in [0.1, 0.15) is 36.9 Å². The van der Waals surface area contributed by atoms with Gasteiger partial charge in [-0.1, -0.05) is 29.3 Å². The minimum absolute atomic E-state index is 0.0515. The molecule has 1 aromatic heterocycles. The van der Waals surface area contributed by atoms with Gasteiger partial charge in [0.05, 0.1) is 0 Å². The average Bonchev–Trinajstić information content (AvgIpc) is 3.22. The molecule has 4 atom stereocenters. The normalized spacial score (nSPS) is 25.2. The number of anilines is 3. The first-order valence-electron chi connectivity index (χ1n) is 9.93. The first-order valence-corrected chi connectivity index (χ1v) is 10.7. The van der Waals surface area contributed by atoms with Crippen molar-refractivity contribution in [2.24, 2.45) is 0 Å². The monoisotopic (exact) mass is 497 g/mol. The molecule has 33 heavy (non-hydrogen) atoms. The first-order chi connectivity index (χ1) is 15.8. The zero-order valence-electron chi connectivity index (χ0n) is 17.6. The second-order valence-corrected chi connectivity index (χ2v) is 8.48. The van der Waals surface area contributed by atoms with Gasteiger partial charge in [0.25, 0.3) is 0 Å². The fourth-order valence-electron chi connectivity index (χ4n) is 3.61. The quantitative estimate of drug-likeness (QED) is 0.389. The summed E-state index contributed by atoms with van der Waals surface area (Å²) in [5.41, 5.74) is 0.683. The van der Waals surface area contributed by atoms with Crippen LogP contribution in [-0.4, -0.2) is 59.4 Å². The molecule has 0 bridgehead atoms. The third-order valence-corrected chi connectivity index (χ3v) is 5.40. The largest absolute Gasteiger partial charge is 0.446 e. The molecule has 2 aromatic rings. The predicted octanol–water partition coefficient (Wildman–Crippen LogP) is 3.26. The molecule has 0 aliphatic carbocycles. The number of rotatable bonds is 7. The molecule has 0 spiro atoms. The van der Waals surface area contributed by atoms with Crippen molar-refractivity contribution in [3.63, 3.8) is 0 Å². The van der Waals surface area contributed by atoms with Gasteiger partial charge in [0.15, 0.2) is 23.0 Å². The summed E-state index contributed by atoms with van der Waals surface area (Å²) in [4.78, 5) is 31.1. The molecule has 2 amide bonds. The number of nitrogens with one attached hydrogen (secondary N) is 3. The highest BCUT2D eigenvalue weighted by molar-refractivity contribution is 6.33. The van der Waals surface area contributed by atoms with Crippen LogP contribution in [0.15, 0.2) is 30.6 Å². The lowest BCUT2D eigenvalue weighted by Gasteiger charge is -2.25. The summed E-state index contributed by atoms with van der Waals surface area (Å²) < 4.78 is 23.3. The van der Waals surface area contributed by atoms with E-state index in [0.717, 1.165) is 0 Å². The van der Waals surface area contributed by atoms with Crippen LogP contribution in [0.2, 0.25) is 10.2 Å². The van der Waals surface area contributed by atoms with Crippen molar-refractivity contribution in [3.8, 4) is 0 Å². The summed E-state index contributed by atoms with van der Waals surface area (Å²) in [6, 6.07) is 6.68. The van der Waals surface area contributed by atoms with E-state index in [1.54, 1.807) is 38.1 Å². The van der Waals surface area contributed by atoms with E-state index in [2.05, 4.69) is 25.9 Å². The highest BCUT2D eigenvalue weighted by Gasteiger charge is 2.55. The van der Waals surface area contributed by atoms with E-state index in [1.807, 2.05) is 0 Å². The van der Waals surface area contributed by atoms with Crippen LogP contribution in [0, 0.1) is 0 Å². The Kier molecular flexibility index (Phi) is 6.86. The van der Waals surface area contributed by atoms with Crippen molar-refractivity contribution in [1.29, 1.82) is 0 Å². The maximum Gasteiger partial charge on any atom is 0.411 e. The lowest BCUT2D eigenvalue weighted by atomic mass is 10.1. The molecule has 11 nitrogen and oxygen atoms in total. The Hall–Kier alpha value is -2.70. The Morgan fingerprint density at radius 3 is 2.79 bits per heavy atom. The third kappa shape index (κ3) is 5.45. The van der Waals surface area contributed by atoms with Gasteiger partial charge in [0, 0.05) is 10.7 Å². The summed E-state index contributed by atoms with van der Waals surface area (Å²) in [5.74, 6) is -0.646. The van der Waals surface area contributed by atoms with Gasteiger partial charge in [0.2, 0.25) is 6.41 Å². The van der Waals surface area contributed by atoms with E-state index < -0.39 is 36.4 Å². The maximum atomic E-state index is 12.2. The molecule has 2 saturated heterocycles. The molecule has 13 heteroatoms. The number of fused-ring (bicyclic) bond motifs is 1. The number of ether oxygens (including phenoxy) is 4. The third-order valence-electron chi connectivity index (χ3n) is 4.88. The van der Waals surface area contributed by atoms with Gasteiger partial charge >= 0.3 is 6.09 Å². The van der Waals surface area contributed by atoms with Gasteiger partial charge in [-0.3, -0.25) is 10.1 Å². The number of halogens is 2. The lowest BCUT2D eigenvalue weighted by molar-refractivity contribution is -0.187. The summed E-state index contributed by atoms with van der Waals surface area (Å²) in [5, 5.41) is 8.64. The predicted molar refractivity (Wildman–Crippen MR) is 119 cm³/mol. The lowest BCUT2D eigenvalue weighted by Crippen LogP contribution is -2.35. The topological polar surface area (TPSA) is 133 Å². The number of hydrogen-bond acceptors (Lipinski definition) is 9. The van der Waals surface area contributed by atoms with Gasteiger partial charge in [-0.05, 0) is 32.0 Å². The highest BCUT2D eigenvalue weighted by Crippen LogP contribution is 2.40. The van der Waals surface area contributed by atoms with Crippen LogP contribution in [0.25, 0.3) is 0 Å². The number of nitrogens with zero attached hydrogens (tertiary/aromatic N) is 2. The summed E-state index contributed by atoms with van der Waals surface area (Å²) in [7, 11) is 0. The molecule has 176 valence electrons. The van der Waals surface area contributed by atoms with E-state index in [-0.39, 0.29) is 23.3 Å². The van der Waals surface area contributed by atoms with Crippen LogP contribution in [-0.2, 0) is 23.7 Å². The van der Waals surface area contributed by atoms with Crippen molar-refractivity contribution < 1.29 is 28.5 Å².